The van der Waals surface area contributed by atoms with Crippen LogP contribution in [0.2, 0.25) is 0 Å². The summed E-state index contributed by atoms with van der Waals surface area (Å²) >= 11 is 0. The summed E-state index contributed by atoms with van der Waals surface area (Å²) in [4.78, 5) is 26.5. The largest absolute Gasteiger partial charge is 0.497 e. The zero-order valence-corrected chi connectivity index (χ0v) is 17.2. The molecule has 0 atom stereocenters. The summed E-state index contributed by atoms with van der Waals surface area (Å²) in [6, 6.07) is 9.21. The van der Waals surface area contributed by atoms with Crippen LogP contribution in [-0.2, 0) is 16.1 Å². The van der Waals surface area contributed by atoms with Gasteiger partial charge >= 0.3 is 5.97 Å². The highest BCUT2D eigenvalue weighted by atomic mass is 19.1. The van der Waals surface area contributed by atoms with E-state index >= 15 is 0 Å². The van der Waals surface area contributed by atoms with Crippen LogP contribution in [0.3, 0.4) is 0 Å². The van der Waals surface area contributed by atoms with Crippen molar-refractivity contribution in [1.29, 1.82) is 0 Å². The van der Waals surface area contributed by atoms with Crippen LogP contribution < -0.4 is 9.47 Å². The van der Waals surface area contributed by atoms with E-state index in [0.29, 0.717) is 33.6 Å². The van der Waals surface area contributed by atoms with Gasteiger partial charge in [0.05, 0.1) is 21.3 Å². The van der Waals surface area contributed by atoms with Gasteiger partial charge in [0.2, 0.25) is 0 Å². The third-order valence-electron chi connectivity index (χ3n) is 4.71. The van der Waals surface area contributed by atoms with Gasteiger partial charge in [0.25, 0.3) is 5.91 Å². The van der Waals surface area contributed by atoms with Crippen LogP contribution >= 0.6 is 0 Å². The Bertz CT molecular complexity index is 1070. The molecule has 0 saturated heterocycles. The molecule has 1 amide bonds. The summed E-state index contributed by atoms with van der Waals surface area (Å²) in [6.07, 6.45) is 0. The number of benzene rings is 2. The number of nitrogens with zero attached hydrogens (tertiary/aromatic N) is 1. The number of esters is 1. The van der Waals surface area contributed by atoms with Crippen molar-refractivity contribution < 1.29 is 32.6 Å². The summed E-state index contributed by atoms with van der Waals surface area (Å²) in [6.45, 7) is 1.45. The molecule has 0 aliphatic carbocycles. The smallest absolute Gasteiger partial charge is 0.325 e. The summed E-state index contributed by atoms with van der Waals surface area (Å²) in [5.74, 6) is -0.403. The summed E-state index contributed by atoms with van der Waals surface area (Å²) in [5, 5.41) is 0.499. The molecule has 158 valence electrons. The standard InChI is InChI=1S/C22H22FNO6/c1-13-18-9-15(23)5-6-19(18)30-21(13)22(26)24(12-20(25)29-4)11-14-7-16(27-2)10-17(8-14)28-3/h5-10H,11-12H2,1-4H3. The minimum Gasteiger partial charge on any atom is -0.497 e. The molecule has 3 rings (SSSR count). The Morgan fingerprint density at radius 2 is 1.70 bits per heavy atom. The fourth-order valence-electron chi connectivity index (χ4n) is 3.14. The van der Waals surface area contributed by atoms with Gasteiger partial charge in [-0.25, -0.2) is 4.39 Å². The Kier molecular flexibility index (Phi) is 6.25. The van der Waals surface area contributed by atoms with E-state index in [4.69, 9.17) is 18.6 Å². The molecule has 1 aromatic heterocycles. The third kappa shape index (κ3) is 4.37. The van der Waals surface area contributed by atoms with Crippen molar-refractivity contribution in [3.05, 3.63) is 59.1 Å². The second kappa shape index (κ2) is 8.86. The van der Waals surface area contributed by atoms with E-state index in [1.165, 1.54) is 44.4 Å². The maximum atomic E-state index is 13.6. The maximum Gasteiger partial charge on any atom is 0.325 e. The lowest BCUT2D eigenvalue weighted by atomic mass is 10.1. The van der Waals surface area contributed by atoms with Gasteiger partial charge in [-0.2, -0.15) is 0 Å². The monoisotopic (exact) mass is 415 g/mol. The van der Waals surface area contributed by atoms with Gasteiger partial charge in [-0.15, -0.1) is 0 Å². The highest BCUT2D eigenvalue weighted by molar-refractivity contribution is 6.00. The number of rotatable bonds is 7. The van der Waals surface area contributed by atoms with E-state index in [1.807, 2.05) is 0 Å². The van der Waals surface area contributed by atoms with E-state index in [-0.39, 0.29) is 18.8 Å². The average molecular weight is 415 g/mol. The predicted molar refractivity (Wildman–Crippen MR) is 107 cm³/mol. The zero-order valence-electron chi connectivity index (χ0n) is 17.2. The van der Waals surface area contributed by atoms with Crippen LogP contribution in [0.5, 0.6) is 11.5 Å². The Hall–Kier alpha value is -3.55. The first-order chi connectivity index (χ1) is 14.4. The Morgan fingerprint density at radius 3 is 2.30 bits per heavy atom. The normalized spacial score (nSPS) is 10.7. The number of halogens is 1. The minimum atomic E-state index is -0.585. The third-order valence-corrected chi connectivity index (χ3v) is 4.71. The molecule has 0 radical (unpaired) electrons. The van der Waals surface area contributed by atoms with Gasteiger partial charge in [-0.05, 0) is 42.8 Å². The molecule has 0 spiro atoms. The fraction of sp³-hybridized carbons (Fsp3) is 0.273. The SMILES string of the molecule is COC(=O)CN(Cc1cc(OC)cc(OC)c1)C(=O)c1oc2ccc(F)cc2c1C. The van der Waals surface area contributed by atoms with E-state index in [1.54, 1.807) is 25.1 Å². The number of hydrogen-bond donors (Lipinski definition) is 0. The maximum absolute atomic E-state index is 13.6. The van der Waals surface area contributed by atoms with Crippen molar-refractivity contribution in [2.75, 3.05) is 27.9 Å². The molecule has 0 aliphatic heterocycles. The Balaban J connectivity index is 1.99. The van der Waals surface area contributed by atoms with Gasteiger partial charge in [-0.1, -0.05) is 0 Å². The number of aryl methyl sites for hydroxylation is 1. The summed E-state index contributed by atoms with van der Waals surface area (Å²) in [5.41, 5.74) is 1.56. The van der Waals surface area contributed by atoms with Crippen molar-refractivity contribution >= 4 is 22.8 Å². The van der Waals surface area contributed by atoms with Gasteiger partial charge < -0.3 is 23.5 Å². The van der Waals surface area contributed by atoms with E-state index < -0.39 is 17.7 Å². The molecule has 7 nitrogen and oxygen atoms in total. The molecule has 3 aromatic rings. The summed E-state index contributed by atoms with van der Waals surface area (Å²) in [7, 11) is 4.29. The van der Waals surface area contributed by atoms with Gasteiger partial charge in [0.15, 0.2) is 5.76 Å². The highest BCUT2D eigenvalue weighted by Gasteiger charge is 2.26. The van der Waals surface area contributed by atoms with Crippen molar-refractivity contribution in [3.8, 4) is 11.5 Å². The highest BCUT2D eigenvalue weighted by Crippen LogP contribution is 2.28. The molecule has 2 aromatic carbocycles. The molecule has 0 bridgehead atoms. The van der Waals surface area contributed by atoms with Crippen LogP contribution in [0, 0.1) is 12.7 Å². The lowest BCUT2D eigenvalue weighted by molar-refractivity contribution is -0.141. The van der Waals surface area contributed by atoms with Crippen molar-refractivity contribution in [1.82, 2.24) is 4.90 Å². The van der Waals surface area contributed by atoms with Gasteiger partial charge in [0.1, 0.15) is 29.4 Å². The number of carbonyl (C=O) groups is 2. The van der Waals surface area contributed by atoms with Crippen LogP contribution in [0.25, 0.3) is 11.0 Å². The number of amides is 1. The van der Waals surface area contributed by atoms with Gasteiger partial charge in [-0.3, -0.25) is 9.59 Å². The first-order valence-corrected chi connectivity index (χ1v) is 9.13. The topological polar surface area (TPSA) is 78.2 Å². The number of hydrogen-bond acceptors (Lipinski definition) is 6. The predicted octanol–water partition coefficient (Wildman–Crippen LogP) is 3.71. The molecular formula is C22H22FNO6. The lowest BCUT2D eigenvalue weighted by Crippen LogP contribution is -2.35. The van der Waals surface area contributed by atoms with Crippen molar-refractivity contribution in [2.24, 2.45) is 0 Å². The Morgan fingerprint density at radius 1 is 1.03 bits per heavy atom. The second-order valence-electron chi connectivity index (χ2n) is 6.65. The average Bonchev–Trinajstić information content (AvgIpc) is 3.08. The first-order valence-electron chi connectivity index (χ1n) is 9.13. The van der Waals surface area contributed by atoms with E-state index in [2.05, 4.69) is 0 Å². The number of methoxy groups -OCH3 is 3. The molecular weight excluding hydrogens is 393 g/mol. The van der Waals surface area contributed by atoms with Crippen LogP contribution in [0.15, 0.2) is 40.8 Å². The quantitative estimate of drug-likeness (QED) is 0.548. The molecule has 0 fully saturated rings. The lowest BCUT2D eigenvalue weighted by Gasteiger charge is -2.21. The van der Waals surface area contributed by atoms with Crippen LogP contribution in [-0.4, -0.2) is 44.7 Å². The van der Waals surface area contributed by atoms with Crippen LogP contribution in [0.4, 0.5) is 4.39 Å². The fourth-order valence-corrected chi connectivity index (χ4v) is 3.14. The van der Waals surface area contributed by atoms with E-state index in [9.17, 15) is 14.0 Å². The van der Waals surface area contributed by atoms with Crippen molar-refractivity contribution in [2.45, 2.75) is 13.5 Å². The molecule has 0 saturated carbocycles. The van der Waals surface area contributed by atoms with Crippen LogP contribution in [0.1, 0.15) is 21.7 Å². The molecule has 0 N–H and O–H groups in total. The number of carbonyl (C=O) groups excluding carboxylic acids is 2. The first kappa shape index (κ1) is 21.2. The molecule has 30 heavy (non-hydrogen) atoms. The zero-order chi connectivity index (χ0) is 21.8. The Labute approximate surface area is 172 Å². The number of furan rings is 1. The van der Waals surface area contributed by atoms with Crippen molar-refractivity contribution in [3.63, 3.8) is 0 Å². The molecule has 0 aliphatic rings. The minimum absolute atomic E-state index is 0.0364. The number of ether oxygens (including phenoxy) is 3. The molecule has 0 unspecified atom stereocenters. The molecule has 1 heterocycles. The summed E-state index contributed by atoms with van der Waals surface area (Å²) < 4.78 is 34.6. The number of fused-ring (bicyclic) bond motifs is 1. The van der Waals surface area contributed by atoms with E-state index in [0.717, 1.165) is 0 Å². The van der Waals surface area contributed by atoms with Gasteiger partial charge in [0, 0.05) is 23.6 Å². The second-order valence-corrected chi connectivity index (χ2v) is 6.65. The molecule has 8 heteroatoms.